The van der Waals surface area contributed by atoms with Gasteiger partial charge in [-0.3, -0.25) is 0 Å². The number of hydrogen-bond donors (Lipinski definition) is 1. The van der Waals surface area contributed by atoms with E-state index in [4.69, 9.17) is 5.73 Å². The van der Waals surface area contributed by atoms with Crippen LogP contribution in [0.15, 0.2) is 0 Å². The predicted octanol–water partition coefficient (Wildman–Crippen LogP) is 3.12. The third-order valence-electron chi connectivity index (χ3n) is 3.91. The van der Waals surface area contributed by atoms with E-state index in [-0.39, 0.29) is 24.2 Å². The molecule has 4 heteroatoms. The van der Waals surface area contributed by atoms with Crippen LogP contribution in [0.1, 0.15) is 46.5 Å². The van der Waals surface area contributed by atoms with Crippen LogP contribution in [0.2, 0.25) is 0 Å². The van der Waals surface area contributed by atoms with Crippen LogP contribution < -0.4 is 5.73 Å². The molecule has 0 amide bonds. The van der Waals surface area contributed by atoms with E-state index in [0.29, 0.717) is 13.0 Å². The first-order valence-corrected chi connectivity index (χ1v) is 7.08. The molecular weight excluding hydrogens is 234 g/mol. The van der Waals surface area contributed by atoms with Gasteiger partial charge in [-0.1, -0.05) is 20.8 Å². The predicted molar refractivity (Wildman–Crippen MR) is 71.9 cm³/mol. The van der Waals surface area contributed by atoms with Crippen molar-refractivity contribution in [1.29, 1.82) is 0 Å². The van der Waals surface area contributed by atoms with Crippen molar-refractivity contribution >= 4 is 0 Å². The lowest BCUT2D eigenvalue weighted by atomic mass is 9.85. The van der Waals surface area contributed by atoms with E-state index >= 15 is 0 Å². The largest absolute Gasteiger partial charge is 0.330 e. The van der Waals surface area contributed by atoms with Crippen molar-refractivity contribution in [3.8, 4) is 0 Å². The van der Waals surface area contributed by atoms with Crippen LogP contribution in [0.4, 0.5) is 8.78 Å². The topological polar surface area (TPSA) is 29.3 Å². The third-order valence-corrected chi connectivity index (χ3v) is 3.91. The number of nitrogens with two attached hydrogens (primary N) is 1. The lowest BCUT2D eigenvalue weighted by Gasteiger charge is -2.36. The Morgan fingerprint density at radius 2 is 2.06 bits per heavy atom. The molecule has 1 rings (SSSR count). The Hall–Kier alpha value is -0.220. The second-order valence-electron chi connectivity index (χ2n) is 6.51. The molecule has 2 N–H and O–H groups in total. The molecule has 18 heavy (non-hydrogen) atoms. The van der Waals surface area contributed by atoms with Gasteiger partial charge in [0.1, 0.15) is 0 Å². The van der Waals surface area contributed by atoms with Crippen LogP contribution in [-0.4, -0.2) is 37.0 Å². The molecule has 0 bridgehead atoms. The van der Waals surface area contributed by atoms with E-state index in [1.807, 2.05) is 0 Å². The van der Waals surface area contributed by atoms with E-state index in [0.717, 1.165) is 26.1 Å². The zero-order valence-corrected chi connectivity index (χ0v) is 12.0. The zero-order chi connectivity index (χ0) is 13.8. The van der Waals surface area contributed by atoms with Gasteiger partial charge in [0.2, 0.25) is 5.92 Å². The second kappa shape index (κ2) is 6.29. The van der Waals surface area contributed by atoms with Crippen molar-refractivity contribution in [3.05, 3.63) is 0 Å². The summed E-state index contributed by atoms with van der Waals surface area (Å²) in [5, 5.41) is 0. The molecular formula is C14H28F2N2. The van der Waals surface area contributed by atoms with E-state index in [2.05, 4.69) is 25.7 Å². The SMILES string of the molecule is CCN(CC1CCCC(F)(F)C1)CC(C)(C)CN. The Morgan fingerprint density at radius 1 is 1.39 bits per heavy atom. The molecule has 0 spiro atoms. The van der Waals surface area contributed by atoms with E-state index in [1.165, 1.54) is 0 Å². The maximum absolute atomic E-state index is 13.4. The standard InChI is InChI=1S/C14H28F2N2/c1-4-18(11-13(2,3)10-17)9-12-6-5-7-14(15,16)8-12/h12H,4-11,17H2,1-3H3. The summed E-state index contributed by atoms with van der Waals surface area (Å²) in [6.07, 6.45) is 1.74. The number of halogens is 2. The van der Waals surface area contributed by atoms with E-state index < -0.39 is 5.92 Å². The van der Waals surface area contributed by atoms with Crippen LogP contribution in [0.3, 0.4) is 0 Å². The average molecular weight is 262 g/mol. The molecule has 0 aromatic heterocycles. The van der Waals surface area contributed by atoms with Gasteiger partial charge in [-0.25, -0.2) is 8.78 Å². The van der Waals surface area contributed by atoms with Crippen molar-refractivity contribution in [1.82, 2.24) is 4.90 Å². The van der Waals surface area contributed by atoms with Gasteiger partial charge in [0.25, 0.3) is 0 Å². The Labute approximate surface area is 110 Å². The van der Waals surface area contributed by atoms with Gasteiger partial charge in [-0.05, 0) is 37.3 Å². The van der Waals surface area contributed by atoms with Crippen LogP contribution >= 0.6 is 0 Å². The molecule has 0 aliphatic heterocycles. The first-order chi connectivity index (χ1) is 8.28. The first kappa shape index (κ1) is 15.8. The Morgan fingerprint density at radius 3 is 2.56 bits per heavy atom. The Balaban J connectivity index is 2.48. The number of hydrogen-bond acceptors (Lipinski definition) is 2. The minimum Gasteiger partial charge on any atom is -0.330 e. The summed E-state index contributed by atoms with van der Waals surface area (Å²) in [5.41, 5.74) is 5.80. The molecule has 0 radical (unpaired) electrons. The molecule has 0 heterocycles. The summed E-state index contributed by atoms with van der Waals surface area (Å²) in [4.78, 5) is 2.28. The summed E-state index contributed by atoms with van der Waals surface area (Å²) >= 11 is 0. The van der Waals surface area contributed by atoms with Gasteiger partial charge in [-0.2, -0.15) is 0 Å². The maximum Gasteiger partial charge on any atom is 0.248 e. The fourth-order valence-corrected chi connectivity index (χ4v) is 2.77. The van der Waals surface area contributed by atoms with Crippen molar-refractivity contribution in [2.24, 2.45) is 17.1 Å². The number of alkyl halides is 2. The van der Waals surface area contributed by atoms with Gasteiger partial charge >= 0.3 is 0 Å². The molecule has 1 saturated carbocycles. The highest BCUT2D eigenvalue weighted by atomic mass is 19.3. The molecule has 0 saturated heterocycles. The summed E-state index contributed by atoms with van der Waals surface area (Å²) < 4.78 is 26.7. The van der Waals surface area contributed by atoms with Crippen molar-refractivity contribution in [2.45, 2.75) is 52.4 Å². The highest BCUT2D eigenvalue weighted by Gasteiger charge is 2.36. The van der Waals surface area contributed by atoms with Gasteiger partial charge in [0, 0.05) is 25.9 Å². The van der Waals surface area contributed by atoms with Crippen LogP contribution in [-0.2, 0) is 0 Å². The molecule has 2 nitrogen and oxygen atoms in total. The van der Waals surface area contributed by atoms with Crippen LogP contribution in [0.25, 0.3) is 0 Å². The zero-order valence-electron chi connectivity index (χ0n) is 12.0. The van der Waals surface area contributed by atoms with Crippen molar-refractivity contribution < 1.29 is 8.78 Å². The highest BCUT2D eigenvalue weighted by molar-refractivity contribution is 4.82. The van der Waals surface area contributed by atoms with E-state index in [9.17, 15) is 8.78 Å². The van der Waals surface area contributed by atoms with E-state index in [1.54, 1.807) is 0 Å². The number of rotatable bonds is 6. The second-order valence-corrected chi connectivity index (χ2v) is 6.51. The molecule has 0 aromatic rings. The van der Waals surface area contributed by atoms with Gasteiger partial charge in [0.15, 0.2) is 0 Å². The normalized spacial score (nSPS) is 24.5. The van der Waals surface area contributed by atoms with Gasteiger partial charge in [-0.15, -0.1) is 0 Å². The minimum atomic E-state index is -2.44. The fourth-order valence-electron chi connectivity index (χ4n) is 2.77. The summed E-state index contributed by atoms with van der Waals surface area (Å²) in [6.45, 7) is 9.57. The Kier molecular flexibility index (Phi) is 5.53. The molecule has 1 aliphatic rings. The Bertz CT molecular complexity index is 254. The molecule has 108 valence electrons. The monoisotopic (exact) mass is 262 g/mol. The molecule has 1 fully saturated rings. The lowest BCUT2D eigenvalue weighted by Crippen LogP contribution is -2.42. The molecule has 1 atom stereocenters. The molecule has 1 unspecified atom stereocenters. The van der Waals surface area contributed by atoms with Crippen molar-refractivity contribution in [2.75, 3.05) is 26.2 Å². The molecule has 1 aliphatic carbocycles. The lowest BCUT2D eigenvalue weighted by molar-refractivity contribution is -0.0576. The first-order valence-electron chi connectivity index (χ1n) is 7.08. The third kappa shape index (κ3) is 5.19. The van der Waals surface area contributed by atoms with Crippen LogP contribution in [0, 0.1) is 11.3 Å². The fraction of sp³-hybridized carbons (Fsp3) is 1.00. The summed E-state index contributed by atoms with van der Waals surface area (Å²) in [7, 11) is 0. The smallest absolute Gasteiger partial charge is 0.248 e. The summed E-state index contributed by atoms with van der Waals surface area (Å²) in [6, 6.07) is 0. The van der Waals surface area contributed by atoms with Gasteiger partial charge < -0.3 is 10.6 Å². The van der Waals surface area contributed by atoms with Crippen LogP contribution in [0.5, 0.6) is 0 Å². The van der Waals surface area contributed by atoms with Crippen molar-refractivity contribution in [3.63, 3.8) is 0 Å². The average Bonchev–Trinajstić information content (AvgIpc) is 2.26. The highest BCUT2D eigenvalue weighted by Crippen LogP contribution is 2.37. The summed E-state index contributed by atoms with van der Waals surface area (Å²) in [5.74, 6) is -2.30. The maximum atomic E-state index is 13.4. The minimum absolute atomic E-state index is 0.0621. The quantitative estimate of drug-likeness (QED) is 0.797. The molecule has 0 aromatic carbocycles. The number of nitrogens with zero attached hydrogens (tertiary/aromatic N) is 1. The van der Waals surface area contributed by atoms with Gasteiger partial charge in [0.05, 0.1) is 0 Å².